The molecule has 0 amide bonds. The van der Waals surface area contributed by atoms with Gasteiger partial charge < -0.3 is 9.13 Å². The number of hydrogen-bond donors (Lipinski definition) is 0. The molecule has 0 fully saturated rings. The molecule has 0 spiro atoms. The molecule has 0 aliphatic heterocycles. The Morgan fingerprint density at radius 2 is 1.02 bits per heavy atom. The van der Waals surface area contributed by atoms with Crippen molar-refractivity contribution in [2.45, 2.75) is 6.92 Å². The molecule has 0 unspecified atom stereocenters. The summed E-state index contributed by atoms with van der Waals surface area (Å²) in [6, 6.07) is 60.2. The van der Waals surface area contributed by atoms with Crippen LogP contribution in [0.2, 0.25) is 0 Å². The highest BCUT2D eigenvalue weighted by molar-refractivity contribution is 6.12. The van der Waals surface area contributed by atoms with Crippen LogP contribution in [0.5, 0.6) is 0 Å². The summed E-state index contributed by atoms with van der Waals surface area (Å²) in [5.74, 6) is 1.81. The summed E-state index contributed by atoms with van der Waals surface area (Å²) in [6.07, 6.45) is 7.68. The number of fused-ring (bicyclic) bond motifs is 6. The van der Waals surface area contributed by atoms with Gasteiger partial charge in [0, 0.05) is 49.6 Å². The van der Waals surface area contributed by atoms with Gasteiger partial charge in [0.15, 0.2) is 17.5 Å². The molecule has 3 aromatic heterocycles. The average molecular weight is 732 g/mol. The Bertz CT molecular complexity index is 3200. The lowest BCUT2D eigenvalue weighted by atomic mass is 10.0. The van der Waals surface area contributed by atoms with Crippen LogP contribution >= 0.6 is 0 Å². The van der Waals surface area contributed by atoms with E-state index >= 15 is 0 Å². The van der Waals surface area contributed by atoms with Gasteiger partial charge in [-0.1, -0.05) is 146 Å². The van der Waals surface area contributed by atoms with E-state index in [4.69, 9.17) is 15.0 Å². The van der Waals surface area contributed by atoms with E-state index in [-0.39, 0.29) is 0 Å². The molecule has 7 aromatic carbocycles. The predicted octanol–water partition coefficient (Wildman–Crippen LogP) is 13.2. The van der Waals surface area contributed by atoms with Gasteiger partial charge in [0.25, 0.3) is 0 Å². The van der Waals surface area contributed by atoms with Gasteiger partial charge in [-0.25, -0.2) is 15.0 Å². The van der Waals surface area contributed by atoms with Gasteiger partial charge in [-0.05, 0) is 72.6 Å². The summed E-state index contributed by atoms with van der Waals surface area (Å²) in [5.41, 5.74) is 11.8. The van der Waals surface area contributed by atoms with Crippen molar-refractivity contribution in [1.82, 2.24) is 24.1 Å². The standard InChI is InChI=1S/C52H37N5/c1-3-16-35(17-4-2)50-53-51(36-18-7-5-8-19-36)55-52(54-50)39-20-15-23-41(32-39)57-46-26-13-11-24-42(46)44-30-28-38(34-49(44)57)37-29-31-48-45(33-37)43-25-12-14-27-47(43)56(48)40-21-9-6-10-22-40/h3-34H,1H2,2H3/b17-4-,35-16+. The third-order valence-corrected chi connectivity index (χ3v) is 10.6. The molecule has 10 rings (SSSR count). The van der Waals surface area contributed by atoms with Crippen molar-refractivity contribution in [3.05, 3.63) is 207 Å². The van der Waals surface area contributed by atoms with Crippen LogP contribution in [0.4, 0.5) is 0 Å². The Morgan fingerprint density at radius 1 is 0.456 bits per heavy atom. The predicted molar refractivity (Wildman–Crippen MR) is 238 cm³/mol. The fourth-order valence-electron chi connectivity index (χ4n) is 8.08. The van der Waals surface area contributed by atoms with E-state index in [2.05, 4.69) is 155 Å². The Labute approximate surface area is 330 Å². The summed E-state index contributed by atoms with van der Waals surface area (Å²) in [5, 5.41) is 4.86. The molecule has 57 heavy (non-hydrogen) atoms. The van der Waals surface area contributed by atoms with Gasteiger partial charge in [-0.15, -0.1) is 0 Å². The minimum Gasteiger partial charge on any atom is -0.309 e. The van der Waals surface area contributed by atoms with Crippen molar-refractivity contribution in [2.24, 2.45) is 0 Å². The number of hydrogen-bond acceptors (Lipinski definition) is 3. The van der Waals surface area contributed by atoms with E-state index < -0.39 is 0 Å². The van der Waals surface area contributed by atoms with Crippen LogP contribution in [0.25, 0.3) is 94.5 Å². The molecule has 10 aromatic rings. The third-order valence-electron chi connectivity index (χ3n) is 10.6. The highest BCUT2D eigenvalue weighted by Crippen LogP contribution is 2.38. The summed E-state index contributed by atoms with van der Waals surface area (Å²) in [4.78, 5) is 15.0. The number of nitrogens with zero attached hydrogens (tertiary/aromatic N) is 5. The van der Waals surface area contributed by atoms with Crippen LogP contribution in [0.1, 0.15) is 12.7 Å². The topological polar surface area (TPSA) is 48.5 Å². The van der Waals surface area contributed by atoms with E-state index in [9.17, 15) is 0 Å². The van der Waals surface area contributed by atoms with Crippen molar-refractivity contribution in [1.29, 1.82) is 0 Å². The lowest BCUT2D eigenvalue weighted by Crippen LogP contribution is -2.03. The maximum atomic E-state index is 5.03. The zero-order valence-electron chi connectivity index (χ0n) is 31.4. The first-order chi connectivity index (χ1) is 28.2. The second-order valence-corrected chi connectivity index (χ2v) is 14.1. The van der Waals surface area contributed by atoms with Crippen molar-refractivity contribution in [3.8, 4) is 45.3 Å². The normalized spacial score (nSPS) is 12.1. The molecule has 0 radical (unpaired) electrons. The number of para-hydroxylation sites is 3. The first-order valence-corrected chi connectivity index (χ1v) is 19.2. The summed E-state index contributed by atoms with van der Waals surface area (Å²) in [7, 11) is 0. The Morgan fingerprint density at radius 3 is 1.75 bits per heavy atom. The van der Waals surface area contributed by atoms with Crippen LogP contribution in [0.15, 0.2) is 201 Å². The van der Waals surface area contributed by atoms with Crippen LogP contribution in [0, 0.1) is 0 Å². The summed E-state index contributed by atoms with van der Waals surface area (Å²) >= 11 is 0. The van der Waals surface area contributed by atoms with Gasteiger partial charge in [0.05, 0.1) is 22.1 Å². The van der Waals surface area contributed by atoms with Crippen molar-refractivity contribution >= 4 is 49.2 Å². The molecule has 0 aliphatic rings. The lowest BCUT2D eigenvalue weighted by molar-refractivity contribution is 1.04. The molecule has 0 saturated heterocycles. The highest BCUT2D eigenvalue weighted by atomic mass is 15.0. The molecule has 3 heterocycles. The Hall–Kier alpha value is -7.63. The van der Waals surface area contributed by atoms with Crippen molar-refractivity contribution in [2.75, 3.05) is 0 Å². The quantitative estimate of drug-likeness (QED) is 0.146. The zero-order valence-corrected chi connectivity index (χ0v) is 31.4. The van der Waals surface area contributed by atoms with E-state index in [1.807, 2.05) is 55.5 Å². The molecule has 0 aliphatic carbocycles. The minimum atomic E-state index is 0.590. The van der Waals surface area contributed by atoms with Gasteiger partial charge in [0.1, 0.15) is 0 Å². The molecule has 0 saturated carbocycles. The molecule has 0 bridgehead atoms. The maximum absolute atomic E-state index is 5.03. The number of rotatable bonds is 8. The minimum absolute atomic E-state index is 0.590. The Kier molecular flexibility index (Phi) is 8.46. The van der Waals surface area contributed by atoms with Gasteiger partial charge >= 0.3 is 0 Å². The maximum Gasteiger partial charge on any atom is 0.164 e. The van der Waals surface area contributed by atoms with Gasteiger partial charge in [-0.3, -0.25) is 0 Å². The fourth-order valence-corrected chi connectivity index (χ4v) is 8.08. The van der Waals surface area contributed by atoms with E-state index in [1.165, 1.54) is 38.1 Å². The van der Waals surface area contributed by atoms with Crippen molar-refractivity contribution in [3.63, 3.8) is 0 Å². The van der Waals surface area contributed by atoms with Crippen LogP contribution < -0.4 is 0 Å². The average Bonchev–Trinajstić information content (AvgIpc) is 3.79. The molecule has 270 valence electrons. The Balaban J connectivity index is 1.14. The van der Waals surface area contributed by atoms with Gasteiger partial charge in [0.2, 0.25) is 0 Å². The largest absolute Gasteiger partial charge is 0.309 e. The van der Waals surface area contributed by atoms with E-state index in [0.717, 1.165) is 44.7 Å². The second kappa shape index (κ2) is 14.2. The summed E-state index contributed by atoms with van der Waals surface area (Å²) < 4.78 is 4.72. The summed E-state index contributed by atoms with van der Waals surface area (Å²) in [6.45, 7) is 5.92. The SMILES string of the molecule is C=C/C=C(\C=C/C)c1nc(-c2ccccc2)nc(-c2cccc(-n3c4ccccc4c4ccc(-c5ccc6c(c5)c5ccccc5n6-c5ccccc5)cc43)c2)n1. The molecule has 0 atom stereocenters. The van der Waals surface area contributed by atoms with E-state index in [1.54, 1.807) is 6.08 Å². The highest BCUT2D eigenvalue weighted by Gasteiger charge is 2.18. The second-order valence-electron chi connectivity index (χ2n) is 14.1. The van der Waals surface area contributed by atoms with Crippen LogP contribution in [-0.2, 0) is 0 Å². The van der Waals surface area contributed by atoms with Crippen LogP contribution in [0.3, 0.4) is 0 Å². The van der Waals surface area contributed by atoms with Crippen LogP contribution in [-0.4, -0.2) is 24.1 Å². The number of benzene rings is 7. The molecule has 0 N–H and O–H groups in total. The zero-order chi connectivity index (χ0) is 38.3. The first-order valence-electron chi connectivity index (χ1n) is 19.2. The fraction of sp³-hybridized carbons (Fsp3) is 0.0192. The molecular weight excluding hydrogens is 695 g/mol. The smallest absolute Gasteiger partial charge is 0.164 e. The number of allylic oxidation sites excluding steroid dienone is 5. The van der Waals surface area contributed by atoms with Crippen molar-refractivity contribution < 1.29 is 0 Å². The monoisotopic (exact) mass is 731 g/mol. The van der Waals surface area contributed by atoms with Gasteiger partial charge in [-0.2, -0.15) is 0 Å². The molecule has 5 nitrogen and oxygen atoms in total. The molecular formula is C52H37N5. The molecule has 5 heteroatoms. The third kappa shape index (κ3) is 5.94. The van der Waals surface area contributed by atoms with E-state index in [0.29, 0.717) is 17.5 Å². The lowest BCUT2D eigenvalue weighted by Gasteiger charge is -2.12. The first kappa shape index (κ1) is 33.9. The number of aromatic nitrogens is 5.